The topological polar surface area (TPSA) is 76.2 Å². The Morgan fingerprint density at radius 2 is 1.85 bits per heavy atom. The van der Waals surface area contributed by atoms with Crippen LogP contribution in [0.1, 0.15) is 30.9 Å². The summed E-state index contributed by atoms with van der Waals surface area (Å²) in [4.78, 5) is 11.5. The molecule has 2 aromatic rings. The van der Waals surface area contributed by atoms with Crippen LogP contribution in [-0.4, -0.2) is 54.6 Å². The third kappa shape index (κ3) is 5.56. The van der Waals surface area contributed by atoms with Crippen molar-refractivity contribution in [2.45, 2.75) is 45.1 Å². The molecule has 1 aliphatic heterocycles. The Labute approximate surface area is 154 Å². The van der Waals surface area contributed by atoms with Gasteiger partial charge >= 0.3 is 12.1 Å². The van der Waals surface area contributed by atoms with E-state index in [1.165, 1.54) is 32.4 Å². The van der Waals surface area contributed by atoms with E-state index in [-0.39, 0.29) is 0 Å². The van der Waals surface area contributed by atoms with Gasteiger partial charge in [-0.1, -0.05) is 0 Å². The van der Waals surface area contributed by atoms with Gasteiger partial charge in [-0.2, -0.15) is 13.2 Å². The van der Waals surface area contributed by atoms with Gasteiger partial charge in [-0.25, -0.2) is 4.79 Å². The lowest BCUT2D eigenvalue weighted by atomic mass is 10.3. The maximum Gasteiger partial charge on any atom is 0.490 e. The van der Waals surface area contributed by atoms with Gasteiger partial charge in [-0.05, 0) is 37.3 Å². The smallest absolute Gasteiger partial charge is 0.475 e. The van der Waals surface area contributed by atoms with Crippen LogP contribution in [0, 0.1) is 5.92 Å². The molecule has 3 heterocycles. The molecular weight excluding hydrogens is 363 g/mol. The molecule has 0 spiro atoms. The van der Waals surface area contributed by atoms with Crippen LogP contribution < -0.4 is 0 Å². The normalized spacial score (nSPS) is 17.6. The highest BCUT2D eigenvalue weighted by Gasteiger charge is 2.38. The first-order chi connectivity index (χ1) is 12.8. The standard InChI is InChI=1S/C15H21N5.C2HF3O2/c1-2-7-18(6-1)11-14-16-17-15-12-19(10-13-4-5-13)8-3-9-20(14)15;3-2(4,5)1(6)7/h1-2,6-7,13H,3-5,8-12H2;(H,6,7). The van der Waals surface area contributed by atoms with Crippen LogP contribution in [0.25, 0.3) is 0 Å². The maximum absolute atomic E-state index is 10.6. The fraction of sp³-hybridized carbons (Fsp3) is 0.588. The summed E-state index contributed by atoms with van der Waals surface area (Å²) in [6, 6.07) is 4.11. The van der Waals surface area contributed by atoms with E-state index in [2.05, 4.69) is 48.8 Å². The lowest BCUT2D eigenvalue weighted by molar-refractivity contribution is -0.192. The number of aromatic nitrogens is 4. The van der Waals surface area contributed by atoms with Gasteiger partial charge in [-0.15, -0.1) is 10.2 Å². The molecule has 1 fully saturated rings. The highest BCUT2D eigenvalue weighted by Crippen LogP contribution is 2.30. The zero-order chi connectivity index (χ0) is 19.4. The van der Waals surface area contributed by atoms with E-state index in [4.69, 9.17) is 9.90 Å². The second kappa shape index (κ2) is 8.12. The third-order valence-corrected chi connectivity index (χ3v) is 4.57. The van der Waals surface area contributed by atoms with Crippen molar-refractivity contribution in [1.82, 2.24) is 24.2 Å². The molecule has 27 heavy (non-hydrogen) atoms. The Morgan fingerprint density at radius 3 is 2.44 bits per heavy atom. The first kappa shape index (κ1) is 19.4. The van der Waals surface area contributed by atoms with Gasteiger partial charge in [0.25, 0.3) is 0 Å². The predicted octanol–water partition coefficient (Wildman–Crippen LogP) is 2.38. The lowest BCUT2D eigenvalue weighted by Crippen LogP contribution is -2.25. The van der Waals surface area contributed by atoms with E-state index in [1.807, 2.05) is 0 Å². The largest absolute Gasteiger partial charge is 0.490 e. The van der Waals surface area contributed by atoms with Gasteiger partial charge < -0.3 is 14.2 Å². The second-order valence-corrected chi connectivity index (χ2v) is 6.87. The predicted molar refractivity (Wildman–Crippen MR) is 89.9 cm³/mol. The molecule has 1 aliphatic carbocycles. The van der Waals surface area contributed by atoms with Crippen molar-refractivity contribution in [2.75, 3.05) is 13.1 Å². The fourth-order valence-corrected chi connectivity index (χ4v) is 3.06. The van der Waals surface area contributed by atoms with Crippen molar-refractivity contribution in [3.63, 3.8) is 0 Å². The SMILES string of the molecule is O=C(O)C(F)(F)F.c1ccn(Cc2nnc3n2CCCN(CC2CC2)C3)c1. The molecule has 1 N–H and O–H groups in total. The summed E-state index contributed by atoms with van der Waals surface area (Å²) in [6.07, 6.45) is 3.12. The van der Waals surface area contributed by atoms with E-state index in [0.29, 0.717) is 0 Å². The monoisotopic (exact) mass is 385 g/mol. The molecule has 2 aromatic heterocycles. The molecule has 0 saturated heterocycles. The minimum atomic E-state index is -5.08. The Kier molecular flexibility index (Phi) is 5.83. The average Bonchev–Trinajstić information content (AvgIpc) is 3.19. The number of carboxylic acids is 1. The van der Waals surface area contributed by atoms with Crippen LogP contribution in [0.5, 0.6) is 0 Å². The van der Waals surface area contributed by atoms with Crippen LogP contribution >= 0.6 is 0 Å². The molecule has 0 unspecified atom stereocenters. The molecule has 0 amide bonds. The molecular formula is C17H22F3N5O2. The van der Waals surface area contributed by atoms with Crippen molar-refractivity contribution in [3.8, 4) is 0 Å². The Balaban J connectivity index is 0.000000260. The van der Waals surface area contributed by atoms with E-state index < -0.39 is 12.1 Å². The Hall–Kier alpha value is -2.36. The minimum Gasteiger partial charge on any atom is -0.475 e. The van der Waals surface area contributed by atoms with E-state index in [1.54, 1.807) is 0 Å². The number of alkyl halides is 3. The van der Waals surface area contributed by atoms with Gasteiger partial charge in [0, 0.05) is 32.0 Å². The number of hydrogen-bond acceptors (Lipinski definition) is 4. The second-order valence-electron chi connectivity index (χ2n) is 6.87. The molecule has 1 saturated carbocycles. The summed E-state index contributed by atoms with van der Waals surface area (Å²) in [5.74, 6) is 0.422. The quantitative estimate of drug-likeness (QED) is 0.875. The number of fused-ring (bicyclic) bond motifs is 1. The summed E-state index contributed by atoms with van der Waals surface area (Å²) in [6.45, 7) is 5.29. The summed E-state index contributed by atoms with van der Waals surface area (Å²) in [7, 11) is 0. The number of aliphatic carboxylic acids is 1. The molecule has 0 aromatic carbocycles. The van der Waals surface area contributed by atoms with Gasteiger partial charge in [0.05, 0.1) is 13.1 Å². The number of halogens is 3. The van der Waals surface area contributed by atoms with Crippen LogP contribution in [0.15, 0.2) is 24.5 Å². The lowest BCUT2D eigenvalue weighted by Gasteiger charge is -2.18. The van der Waals surface area contributed by atoms with Crippen LogP contribution in [0.4, 0.5) is 13.2 Å². The third-order valence-electron chi connectivity index (χ3n) is 4.57. The van der Waals surface area contributed by atoms with Crippen LogP contribution in [0.3, 0.4) is 0 Å². The minimum absolute atomic E-state index is 0.822. The van der Waals surface area contributed by atoms with E-state index in [0.717, 1.165) is 37.2 Å². The van der Waals surface area contributed by atoms with Crippen LogP contribution in [-0.2, 0) is 24.4 Å². The number of hydrogen-bond donors (Lipinski definition) is 1. The number of nitrogens with zero attached hydrogens (tertiary/aromatic N) is 5. The fourth-order valence-electron chi connectivity index (χ4n) is 3.06. The molecule has 10 heteroatoms. The van der Waals surface area contributed by atoms with Gasteiger partial charge in [0.1, 0.15) is 5.82 Å². The summed E-state index contributed by atoms with van der Waals surface area (Å²) in [5, 5.41) is 16.0. The summed E-state index contributed by atoms with van der Waals surface area (Å²) < 4.78 is 36.2. The Morgan fingerprint density at radius 1 is 1.19 bits per heavy atom. The Bertz CT molecular complexity index is 753. The van der Waals surface area contributed by atoms with Crippen molar-refractivity contribution >= 4 is 5.97 Å². The maximum atomic E-state index is 10.6. The summed E-state index contributed by atoms with van der Waals surface area (Å²) >= 11 is 0. The molecule has 0 atom stereocenters. The zero-order valence-corrected chi connectivity index (χ0v) is 14.8. The van der Waals surface area contributed by atoms with Crippen molar-refractivity contribution in [2.24, 2.45) is 5.92 Å². The van der Waals surface area contributed by atoms with Crippen molar-refractivity contribution in [1.29, 1.82) is 0 Å². The van der Waals surface area contributed by atoms with Crippen molar-refractivity contribution in [3.05, 3.63) is 36.2 Å². The molecule has 7 nitrogen and oxygen atoms in total. The highest BCUT2D eigenvalue weighted by molar-refractivity contribution is 5.73. The summed E-state index contributed by atoms with van der Waals surface area (Å²) in [5.41, 5.74) is 0. The van der Waals surface area contributed by atoms with Crippen LogP contribution in [0.2, 0.25) is 0 Å². The van der Waals surface area contributed by atoms with E-state index >= 15 is 0 Å². The molecule has 2 aliphatic rings. The van der Waals surface area contributed by atoms with Crippen molar-refractivity contribution < 1.29 is 23.1 Å². The first-order valence-electron chi connectivity index (χ1n) is 8.87. The van der Waals surface area contributed by atoms with Gasteiger partial charge in [0.2, 0.25) is 0 Å². The number of rotatable bonds is 4. The highest BCUT2D eigenvalue weighted by atomic mass is 19.4. The zero-order valence-electron chi connectivity index (χ0n) is 14.8. The number of carboxylic acid groups (broad SMARTS) is 1. The molecule has 0 bridgehead atoms. The van der Waals surface area contributed by atoms with Gasteiger partial charge in [0.15, 0.2) is 5.82 Å². The number of carbonyl (C=O) groups is 1. The molecule has 4 rings (SSSR count). The molecule has 0 radical (unpaired) electrons. The van der Waals surface area contributed by atoms with E-state index in [9.17, 15) is 13.2 Å². The average molecular weight is 385 g/mol. The van der Waals surface area contributed by atoms with Gasteiger partial charge in [-0.3, -0.25) is 4.90 Å². The first-order valence-corrected chi connectivity index (χ1v) is 8.87. The molecule has 148 valence electrons.